The third kappa shape index (κ3) is 4.83. The number of ether oxygens (including phenoxy) is 1. The van der Waals surface area contributed by atoms with E-state index in [0.29, 0.717) is 30.9 Å². The van der Waals surface area contributed by atoms with Crippen molar-refractivity contribution in [2.24, 2.45) is 0 Å². The van der Waals surface area contributed by atoms with Gasteiger partial charge in [-0.3, -0.25) is 24.6 Å². The van der Waals surface area contributed by atoms with Crippen LogP contribution < -0.4 is 19.9 Å². The summed E-state index contributed by atoms with van der Waals surface area (Å²) >= 11 is 0. The van der Waals surface area contributed by atoms with Gasteiger partial charge in [0, 0.05) is 32.3 Å². The van der Waals surface area contributed by atoms with Crippen molar-refractivity contribution < 1.29 is 23.6 Å². The molecule has 0 saturated carbocycles. The normalized spacial score (nSPS) is 12.7. The first kappa shape index (κ1) is 21.0. The first-order chi connectivity index (χ1) is 14.4. The van der Waals surface area contributed by atoms with Crippen LogP contribution in [0.3, 0.4) is 0 Å². The van der Waals surface area contributed by atoms with E-state index < -0.39 is 16.7 Å². The lowest BCUT2D eigenvalue weighted by molar-refractivity contribution is -0.384. The molecule has 158 valence electrons. The number of nitrogens with one attached hydrogen (secondary N) is 1. The quantitative estimate of drug-likeness (QED) is 0.401. The topological polar surface area (TPSA) is 105 Å². The maximum atomic E-state index is 13.8. The molecule has 2 aromatic rings. The Morgan fingerprint density at radius 1 is 1.33 bits per heavy atom. The number of benzene rings is 2. The highest BCUT2D eigenvalue weighted by atomic mass is 19.1. The van der Waals surface area contributed by atoms with Gasteiger partial charge in [0.25, 0.3) is 11.6 Å². The largest absolute Gasteiger partial charge is 0.482 e. The van der Waals surface area contributed by atoms with Crippen LogP contribution in [0.2, 0.25) is 0 Å². The van der Waals surface area contributed by atoms with Crippen molar-refractivity contribution in [3.63, 3.8) is 0 Å². The van der Waals surface area contributed by atoms with Gasteiger partial charge in [-0.25, -0.2) is 4.39 Å². The predicted octanol–water partition coefficient (Wildman–Crippen LogP) is 2.10. The molecule has 0 aromatic heterocycles. The lowest BCUT2D eigenvalue weighted by Crippen LogP contribution is -2.45. The highest BCUT2D eigenvalue weighted by Crippen LogP contribution is 2.35. The molecule has 0 spiro atoms. The number of anilines is 2. The average Bonchev–Trinajstić information content (AvgIpc) is 2.73. The molecule has 0 radical (unpaired) electrons. The second kappa shape index (κ2) is 9.21. The number of hydrogen-bond donors (Lipinski definition) is 1. The standard InChI is InChI=1S/C20H21FN4O5/c1-23(16-6-3-2-5-15(16)21)10-4-9-22-19(26)12-24-17-11-14(25(28)29)7-8-18(17)30-13-20(24)27/h2-3,5-8,11H,4,9-10,12-13H2,1H3,(H,22,26). The van der Waals surface area contributed by atoms with E-state index in [4.69, 9.17) is 4.74 Å². The zero-order chi connectivity index (χ0) is 21.7. The SMILES string of the molecule is CN(CCCNC(=O)CN1C(=O)COc2ccc([N+](=O)[O-])cc21)c1ccccc1F. The molecule has 0 fully saturated rings. The van der Waals surface area contributed by atoms with Crippen LogP contribution in [-0.4, -0.2) is 50.0 Å². The summed E-state index contributed by atoms with van der Waals surface area (Å²) in [6.07, 6.45) is 0.565. The first-order valence-electron chi connectivity index (χ1n) is 9.31. The van der Waals surface area contributed by atoms with E-state index in [1.807, 2.05) is 0 Å². The van der Waals surface area contributed by atoms with Gasteiger partial charge in [-0.1, -0.05) is 12.1 Å². The van der Waals surface area contributed by atoms with Crippen LogP contribution in [0.5, 0.6) is 5.75 Å². The summed E-state index contributed by atoms with van der Waals surface area (Å²) in [6.45, 7) is 0.329. The van der Waals surface area contributed by atoms with Crippen LogP contribution in [-0.2, 0) is 9.59 Å². The molecule has 3 rings (SSSR count). The molecule has 9 nitrogen and oxygen atoms in total. The van der Waals surface area contributed by atoms with E-state index in [-0.39, 0.29) is 30.3 Å². The van der Waals surface area contributed by atoms with Gasteiger partial charge in [-0.05, 0) is 24.6 Å². The molecule has 1 aliphatic rings. The number of fused-ring (bicyclic) bond motifs is 1. The number of non-ortho nitro benzene ring substituents is 1. The molecule has 30 heavy (non-hydrogen) atoms. The molecule has 0 aliphatic carbocycles. The van der Waals surface area contributed by atoms with Crippen LogP contribution in [0.15, 0.2) is 42.5 Å². The highest BCUT2D eigenvalue weighted by Gasteiger charge is 2.29. The van der Waals surface area contributed by atoms with Crippen molar-refractivity contribution in [2.45, 2.75) is 6.42 Å². The Balaban J connectivity index is 1.54. The summed E-state index contributed by atoms with van der Waals surface area (Å²) in [5.74, 6) is -0.879. The molecule has 1 aliphatic heterocycles. The molecular weight excluding hydrogens is 395 g/mol. The molecule has 1 heterocycles. The lowest BCUT2D eigenvalue weighted by Gasteiger charge is -2.28. The van der Waals surface area contributed by atoms with Gasteiger partial charge in [0.2, 0.25) is 5.91 Å². The van der Waals surface area contributed by atoms with Crippen LogP contribution in [0.4, 0.5) is 21.5 Å². The van der Waals surface area contributed by atoms with E-state index in [0.717, 1.165) is 0 Å². The lowest BCUT2D eigenvalue weighted by atomic mass is 10.2. The molecule has 1 N–H and O–H groups in total. The van der Waals surface area contributed by atoms with Crippen molar-refractivity contribution >= 4 is 28.9 Å². The third-order valence-corrected chi connectivity index (χ3v) is 4.65. The molecular formula is C20H21FN4O5. The van der Waals surface area contributed by atoms with Crippen molar-refractivity contribution in [2.75, 3.05) is 43.1 Å². The Bertz CT molecular complexity index is 968. The smallest absolute Gasteiger partial charge is 0.271 e. The Labute approximate surface area is 172 Å². The zero-order valence-corrected chi connectivity index (χ0v) is 16.3. The number of carbonyl (C=O) groups excluding carboxylic acids is 2. The number of amides is 2. The van der Waals surface area contributed by atoms with Crippen molar-refractivity contribution in [1.82, 2.24) is 5.32 Å². The number of nitro groups is 1. The van der Waals surface area contributed by atoms with E-state index in [2.05, 4.69) is 5.32 Å². The average molecular weight is 416 g/mol. The molecule has 0 bridgehead atoms. The molecule has 0 atom stereocenters. The van der Waals surface area contributed by atoms with E-state index in [1.165, 1.54) is 29.2 Å². The Hall–Kier alpha value is -3.69. The first-order valence-corrected chi connectivity index (χ1v) is 9.31. The number of para-hydroxylation sites is 1. The fourth-order valence-electron chi connectivity index (χ4n) is 3.10. The molecule has 0 saturated heterocycles. The fourth-order valence-corrected chi connectivity index (χ4v) is 3.10. The number of nitro benzene ring substituents is 1. The van der Waals surface area contributed by atoms with Gasteiger partial charge in [0.1, 0.15) is 18.1 Å². The van der Waals surface area contributed by atoms with E-state index >= 15 is 0 Å². The Kier molecular flexibility index (Phi) is 6.45. The maximum absolute atomic E-state index is 13.8. The van der Waals surface area contributed by atoms with Gasteiger partial charge in [-0.2, -0.15) is 0 Å². The minimum Gasteiger partial charge on any atom is -0.482 e. The summed E-state index contributed by atoms with van der Waals surface area (Å²) in [5, 5.41) is 13.7. The second-order valence-electron chi connectivity index (χ2n) is 6.75. The summed E-state index contributed by atoms with van der Waals surface area (Å²) in [7, 11) is 1.76. The highest BCUT2D eigenvalue weighted by molar-refractivity contribution is 6.02. The monoisotopic (exact) mass is 416 g/mol. The zero-order valence-electron chi connectivity index (χ0n) is 16.3. The summed E-state index contributed by atoms with van der Waals surface area (Å²) in [5.41, 5.74) is 0.462. The van der Waals surface area contributed by atoms with Crippen molar-refractivity contribution in [3.8, 4) is 5.75 Å². The Morgan fingerprint density at radius 2 is 2.10 bits per heavy atom. The van der Waals surface area contributed by atoms with Gasteiger partial charge in [0.05, 0.1) is 16.3 Å². The number of nitrogens with zero attached hydrogens (tertiary/aromatic N) is 3. The van der Waals surface area contributed by atoms with Crippen molar-refractivity contribution in [3.05, 3.63) is 58.4 Å². The van der Waals surface area contributed by atoms with Crippen LogP contribution in [0.25, 0.3) is 0 Å². The predicted molar refractivity (Wildman–Crippen MR) is 108 cm³/mol. The summed E-state index contributed by atoms with van der Waals surface area (Å²) in [6, 6.07) is 10.3. The molecule has 0 unspecified atom stereocenters. The number of halogens is 1. The minimum absolute atomic E-state index is 0.190. The minimum atomic E-state index is -0.580. The van der Waals surface area contributed by atoms with Crippen LogP contribution in [0, 0.1) is 15.9 Å². The van der Waals surface area contributed by atoms with E-state index in [1.54, 1.807) is 30.1 Å². The van der Waals surface area contributed by atoms with Gasteiger partial charge in [-0.15, -0.1) is 0 Å². The Morgan fingerprint density at radius 3 is 2.83 bits per heavy atom. The fraction of sp³-hybridized carbons (Fsp3) is 0.300. The van der Waals surface area contributed by atoms with Gasteiger partial charge in [0.15, 0.2) is 6.61 Å². The van der Waals surface area contributed by atoms with Crippen LogP contribution in [0.1, 0.15) is 6.42 Å². The summed E-state index contributed by atoms with van der Waals surface area (Å²) < 4.78 is 19.1. The number of carbonyl (C=O) groups is 2. The third-order valence-electron chi connectivity index (χ3n) is 4.65. The van der Waals surface area contributed by atoms with Gasteiger partial charge >= 0.3 is 0 Å². The second-order valence-corrected chi connectivity index (χ2v) is 6.75. The summed E-state index contributed by atoms with van der Waals surface area (Å²) in [4.78, 5) is 37.8. The number of hydrogen-bond acceptors (Lipinski definition) is 6. The van der Waals surface area contributed by atoms with Crippen molar-refractivity contribution in [1.29, 1.82) is 0 Å². The van der Waals surface area contributed by atoms with Gasteiger partial charge < -0.3 is 15.0 Å². The van der Waals surface area contributed by atoms with E-state index in [9.17, 15) is 24.1 Å². The van der Waals surface area contributed by atoms with Crippen LogP contribution >= 0.6 is 0 Å². The molecule has 2 aromatic carbocycles. The maximum Gasteiger partial charge on any atom is 0.271 e. The molecule has 10 heteroatoms. The molecule has 2 amide bonds. The number of rotatable bonds is 8.